The minimum atomic E-state index is -0.276. The minimum absolute atomic E-state index is 0.0953. The molecule has 0 spiro atoms. The maximum absolute atomic E-state index is 13.0. The number of rotatable bonds is 3. The SMILES string of the molecule is CCC1C(=O)N2CCCCC2C(=O)N1C(C)C1CCOC1. The van der Waals surface area contributed by atoms with E-state index in [-0.39, 0.29) is 29.9 Å². The number of carbonyl (C=O) groups is 2. The van der Waals surface area contributed by atoms with E-state index in [0.717, 1.165) is 38.8 Å². The number of nitrogens with zero attached hydrogens (tertiary/aromatic N) is 2. The third-order valence-corrected chi connectivity index (χ3v) is 5.42. The van der Waals surface area contributed by atoms with E-state index in [9.17, 15) is 9.59 Å². The lowest BCUT2D eigenvalue weighted by molar-refractivity contribution is -0.167. The van der Waals surface area contributed by atoms with Gasteiger partial charge >= 0.3 is 0 Å². The van der Waals surface area contributed by atoms with E-state index in [1.54, 1.807) is 0 Å². The molecule has 3 saturated heterocycles. The summed E-state index contributed by atoms with van der Waals surface area (Å²) in [4.78, 5) is 29.5. The number of fused-ring (bicyclic) bond motifs is 1. The highest BCUT2D eigenvalue weighted by atomic mass is 16.5. The maximum Gasteiger partial charge on any atom is 0.246 e. The molecule has 0 aromatic heterocycles. The molecule has 3 aliphatic rings. The zero-order chi connectivity index (χ0) is 15.0. The van der Waals surface area contributed by atoms with Crippen LogP contribution in [0.25, 0.3) is 0 Å². The summed E-state index contributed by atoms with van der Waals surface area (Å²) in [6.07, 6.45) is 4.59. The van der Waals surface area contributed by atoms with E-state index in [1.165, 1.54) is 0 Å². The molecule has 0 radical (unpaired) electrons. The van der Waals surface area contributed by atoms with Crippen LogP contribution < -0.4 is 0 Å². The van der Waals surface area contributed by atoms with E-state index in [4.69, 9.17) is 4.74 Å². The van der Waals surface area contributed by atoms with Crippen LogP contribution in [0.5, 0.6) is 0 Å². The molecule has 2 amide bonds. The van der Waals surface area contributed by atoms with Crippen molar-refractivity contribution >= 4 is 11.8 Å². The van der Waals surface area contributed by atoms with Crippen LogP contribution in [0.2, 0.25) is 0 Å². The molecular formula is C16H26N2O3. The first kappa shape index (κ1) is 14.8. The van der Waals surface area contributed by atoms with Crippen molar-refractivity contribution in [2.75, 3.05) is 19.8 Å². The van der Waals surface area contributed by atoms with Gasteiger partial charge in [0.1, 0.15) is 12.1 Å². The lowest BCUT2D eigenvalue weighted by Gasteiger charge is -2.49. The van der Waals surface area contributed by atoms with Gasteiger partial charge in [-0.15, -0.1) is 0 Å². The van der Waals surface area contributed by atoms with Gasteiger partial charge in [-0.3, -0.25) is 9.59 Å². The summed E-state index contributed by atoms with van der Waals surface area (Å²) in [7, 11) is 0. The maximum atomic E-state index is 13.0. The van der Waals surface area contributed by atoms with Crippen molar-refractivity contribution < 1.29 is 14.3 Å². The third kappa shape index (κ3) is 2.45. The number of hydrogen-bond donors (Lipinski definition) is 0. The monoisotopic (exact) mass is 294 g/mol. The van der Waals surface area contributed by atoms with Gasteiger partial charge in [-0.2, -0.15) is 0 Å². The molecule has 5 heteroatoms. The Bertz CT molecular complexity index is 420. The van der Waals surface area contributed by atoms with Crippen molar-refractivity contribution in [3.05, 3.63) is 0 Å². The molecule has 0 N–H and O–H groups in total. The van der Waals surface area contributed by atoms with Crippen LogP contribution >= 0.6 is 0 Å². The van der Waals surface area contributed by atoms with Crippen LogP contribution in [0.3, 0.4) is 0 Å². The molecule has 3 rings (SSSR count). The summed E-state index contributed by atoms with van der Waals surface area (Å²) < 4.78 is 5.47. The van der Waals surface area contributed by atoms with Crippen LogP contribution in [0.1, 0.15) is 46.0 Å². The number of piperidine rings is 1. The fourth-order valence-electron chi connectivity index (χ4n) is 4.10. The molecule has 0 aliphatic carbocycles. The predicted octanol–water partition coefficient (Wildman–Crippen LogP) is 1.41. The first-order valence-electron chi connectivity index (χ1n) is 8.35. The topological polar surface area (TPSA) is 49.9 Å². The van der Waals surface area contributed by atoms with Gasteiger partial charge in [0.25, 0.3) is 0 Å². The second-order valence-corrected chi connectivity index (χ2v) is 6.58. The third-order valence-electron chi connectivity index (χ3n) is 5.42. The zero-order valence-corrected chi connectivity index (χ0v) is 13.1. The second-order valence-electron chi connectivity index (χ2n) is 6.58. The first-order valence-corrected chi connectivity index (χ1v) is 8.35. The van der Waals surface area contributed by atoms with Crippen LogP contribution in [0.4, 0.5) is 0 Å². The van der Waals surface area contributed by atoms with E-state index in [0.29, 0.717) is 18.9 Å². The Morgan fingerprint density at radius 2 is 2.05 bits per heavy atom. The van der Waals surface area contributed by atoms with E-state index in [2.05, 4.69) is 6.92 Å². The summed E-state index contributed by atoms with van der Waals surface area (Å²) in [5.74, 6) is 0.694. The standard InChI is InChI=1S/C16H26N2O3/c1-3-13-15(19)17-8-5-4-6-14(17)16(20)18(13)11(2)12-7-9-21-10-12/h11-14H,3-10H2,1-2H3. The smallest absolute Gasteiger partial charge is 0.246 e. The van der Waals surface area contributed by atoms with E-state index < -0.39 is 0 Å². The highest BCUT2D eigenvalue weighted by Gasteiger charge is 2.48. The van der Waals surface area contributed by atoms with E-state index >= 15 is 0 Å². The van der Waals surface area contributed by atoms with Crippen LogP contribution in [0, 0.1) is 5.92 Å². The van der Waals surface area contributed by atoms with E-state index in [1.807, 2.05) is 16.7 Å². The molecule has 4 atom stereocenters. The molecule has 4 unspecified atom stereocenters. The zero-order valence-electron chi connectivity index (χ0n) is 13.1. The number of amides is 2. The van der Waals surface area contributed by atoms with Gasteiger partial charge in [0.2, 0.25) is 11.8 Å². The number of ether oxygens (including phenoxy) is 1. The average Bonchev–Trinajstić information content (AvgIpc) is 3.04. The molecule has 5 nitrogen and oxygen atoms in total. The van der Waals surface area contributed by atoms with Gasteiger partial charge in [-0.1, -0.05) is 6.92 Å². The van der Waals surface area contributed by atoms with Crippen LogP contribution in [-0.2, 0) is 14.3 Å². The van der Waals surface area contributed by atoms with Gasteiger partial charge in [0, 0.05) is 25.1 Å². The Morgan fingerprint density at radius 1 is 1.24 bits per heavy atom. The van der Waals surface area contributed by atoms with Crippen molar-refractivity contribution in [3.63, 3.8) is 0 Å². The highest BCUT2D eigenvalue weighted by Crippen LogP contribution is 2.32. The Kier molecular flexibility index (Phi) is 4.20. The molecule has 3 aliphatic heterocycles. The van der Waals surface area contributed by atoms with Gasteiger partial charge in [-0.25, -0.2) is 0 Å². The Balaban J connectivity index is 1.85. The molecule has 3 fully saturated rings. The summed E-state index contributed by atoms with van der Waals surface area (Å²) in [6, 6.07) is -0.390. The average molecular weight is 294 g/mol. The van der Waals surface area contributed by atoms with Crippen molar-refractivity contribution in [1.82, 2.24) is 9.80 Å². The molecule has 21 heavy (non-hydrogen) atoms. The largest absolute Gasteiger partial charge is 0.381 e. The molecule has 0 saturated carbocycles. The first-order chi connectivity index (χ1) is 10.1. The Morgan fingerprint density at radius 3 is 2.71 bits per heavy atom. The quantitative estimate of drug-likeness (QED) is 0.791. The van der Waals surface area contributed by atoms with Gasteiger partial charge in [0.05, 0.1) is 6.61 Å². The number of hydrogen-bond acceptors (Lipinski definition) is 3. The molecule has 118 valence electrons. The molecule has 0 aromatic carbocycles. The molecule has 0 bridgehead atoms. The molecule has 0 aromatic rings. The summed E-state index contributed by atoms with van der Waals surface area (Å²) in [5, 5.41) is 0. The van der Waals surface area contributed by atoms with Crippen molar-refractivity contribution in [2.24, 2.45) is 5.92 Å². The van der Waals surface area contributed by atoms with Crippen molar-refractivity contribution in [1.29, 1.82) is 0 Å². The lowest BCUT2D eigenvalue weighted by atomic mass is 9.90. The molecule has 3 heterocycles. The van der Waals surface area contributed by atoms with Gasteiger partial charge in [-0.05, 0) is 39.0 Å². The normalized spacial score (nSPS) is 35.0. The van der Waals surface area contributed by atoms with Gasteiger partial charge in [0.15, 0.2) is 0 Å². The predicted molar refractivity (Wildman–Crippen MR) is 78.7 cm³/mol. The summed E-state index contributed by atoms with van der Waals surface area (Å²) >= 11 is 0. The van der Waals surface area contributed by atoms with Crippen molar-refractivity contribution in [2.45, 2.75) is 64.1 Å². The Hall–Kier alpha value is -1.10. The van der Waals surface area contributed by atoms with Crippen LogP contribution in [-0.4, -0.2) is 59.5 Å². The second kappa shape index (κ2) is 5.95. The number of piperazine rings is 1. The minimum Gasteiger partial charge on any atom is -0.381 e. The number of carbonyl (C=O) groups excluding carboxylic acids is 2. The van der Waals surface area contributed by atoms with Crippen molar-refractivity contribution in [3.8, 4) is 0 Å². The Labute approximate surface area is 126 Å². The lowest BCUT2D eigenvalue weighted by Crippen LogP contribution is -2.68. The molecular weight excluding hydrogens is 268 g/mol. The van der Waals surface area contributed by atoms with Gasteiger partial charge < -0.3 is 14.5 Å². The fourth-order valence-corrected chi connectivity index (χ4v) is 4.10. The highest BCUT2D eigenvalue weighted by molar-refractivity contribution is 5.97. The summed E-state index contributed by atoms with van der Waals surface area (Å²) in [5.41, 5.74) is 0. The summed E-state index contributed by atoms with van der Waals surface area (Å²) in [6.45, 7) is 6.33. The fraction of sp³-hybridized carbons (Fsp3) is 0.875. The van der Waals surface area contributed by atoms with Crippen LogP contribution in [0.15, 0.2) is 0 Å².